The van der Waals surface area contributed by atoms with Gasteiger partial charge in [0.1, 0.15) is 5.75 Å². The van der Waals surface area contributed by atoms with Crippen molar-refractivity contribution in [2.45, 2.75) is 38.6 Å². The van der Waals surface area contributed by atoms with Gasteiger partial charge in [0.05, 0.1) is 18.8 Å². The summed E-state index contributed by atoms with van der Waals surface area (Å²) in [6.45, 7) is 6.05. The lowest BCUT2D eigenvalue weighted by atomic mass is 9.99. The van der Waals surface area contributed by atoms with Crippen LogP contribution in [-0.2, 0) is 4.74 Å². The van der Waals surface area contributed by atoms with Gasteiger partial charge in [-0.15, -0.1) is 0 Å². The van der Waals surface area contributed by atoms with Gasteiger partial charge in [-0.05, 0) is 42.5 Å². The molecule has 1 aromatic heterocycles. The highest BCUT2D eigenvalue weighted by molar-refractivity contribution is 5.68. The molecule has 3 rings (SSSR count). The Balaban J connectivity index is 1.93. The Morgan fingerprint density at radius 3 is 2.68 bits per heavy atom. The van der Waals surface area contributed by atoms with E-state index in [0.717, 1.165) is 43.1 Å². The second-order valence-electron chi connectivity index (χ2n) is 6.14. The highest BCUT2D eigenvalue weighted by atomic mass is 16.5. The third kappa shape index (κ3) is 3.02. The molecule has 2 heterocycles. The van der Waals surface area contributed by atoms with Gasteiger partial charge in [0.25, 0.3) is 0 Å². The zero-order valence-corrected chi connectivity index (χ0v) is 13.6. The van der Waals surface area contributed by atoms with Crippen LogP contribution in [0.2, 0.25) is 0 Å². The predicted octanol–water partition coefficient (Wildman–Crippen LogP) is 4.03. The standard InChI is InChI=1S/C18H24N2O2/c1-13(2)14-4-5-18(21-3)16(12-14)17-6-9-20(19-17)15-7-10-22-11-8-15/h4-6,9,12-13,15H,7-8,10-11H2,1-3H3. The van der Waals surface area contributed by atoms with Gasteiger partial charge >= 0.3 is 0 Å². The van der Waals surface area contributed by atoms with Crippen molar-refractivity contribution in [3.63, 3.8) is 0 Å². The van der Waals surface area contributed by atoms with Gasteiger partial charge in [-0.25, -0.2) is 0 Å². The Morgan fingerprint density at radius 2 is 2.00 bits per heavy atom. The quantitative estimate of drug-likeness (QED) is 0.855. The number of hydrogen-bond acceptors (Lipinski definition) is 3. The first kappa shape index (κ1) is 15.1. The zero-order chi connectivity index (χ0) is 15.5. The third-order valence-corrected chi connectivity index (χ3v) is 4.34. The van der Waals surface area contributed by atoms with Gasteiger partial charge in [0.15, 0.2) is 0 Å². The molecule has 1 aliphatic rings. The van der Waals surface area contributed by atoms with E-state index in [2.05, 4.69) is 42.9 Å². The van der Waals surface area contributed by atoms with E-state index in [1.165, 1.54) is 5.56 Å². The summed E-state index contributed by atoms with van der Waals surface area (Å²) < 4.78 is 13.0. The number of hydrogen-bond donors (Lipinski definition) is 0. The second-order valence-corrected chi connectivity index (χ2v) is 6.14. The van der Waals surface area contributed by atoms with Crippen molar-refractivity contribution >= 4 is 0 Å². The molecule has 4 heteroatoms. The lowest BCUT2D eigenvalue weighted by Gasteiger charge is -2.22. The smallest absolute Gasteiger partial charge is 0.128 e. The van der Waals surface area contributed by atoms with Crippen LogP contribution in [0.1, 0.15) is 44.2 Å². The van der Waals surface area contributed by atoms with E-state index in [4.69, 9.17) is 14.6 Å². The first-order chi connectivity index (χ1) is 10.7. The fourth-order valence-electron chi connectivity index (χ4n) is 2.92. The number of rotatable bonds is 4. The highest BCUT2D eigenvalue weighted by Gasteiger charge is 2.18. The Bertz CT molecular complexity index is 628. The lowest BCUT2D eigenvalue weighted by Crippen LogP contribution is -2.19. The van der Waals surface area contributed by atoms with Crippen LogP contribution in [0.25, 0.3) is 11.3 Å². The second kappa shape index (κ2) is 6.53. The molecule has 0 N–H and O–H groups in total. The molecule has 0 bridgehead atoms. The van der Waals surface area contributed by atoms with Gasteiger partial charge in [-0.3, -0.25) is 4.68 Å². The zero-order valence-electron chi connectivity index (χ0n) is 13.6. The largest absolute Gasteiger partial charge is 0.496 e. The summed E-state index contributed by atoms with van der Waals surface area (Å²) in [5, 5.41) is 4.79. The minimum Gasteiger partial charge on any atom is -0.496 e. The van der Waals surface area contributed by atoms with Crippen molar-refractivity contribution in [3.8, 4) is 17.0 Å². The molecule has 1 saturated heterocycles. The van der Waals surface area contributed by atoms with Crippen LogP contribution in [0.4, 0.5) is 0 Å². The van der Waals surface area contributed by atoms with Crippen LogP contribution in [0.5, 0.6) is 5.75 Å². The van der Waals surface area contributed by atoms with Gasteiger partial charge in [-0.1, -0.05) is 19.9 Å². The van der Waals surface area contributed by atoms with E-state index in [1.54, 1.807) is 7.11 Å². The average molecular weight is 300 g/mol. The number of benzene rings is 1. The van der Waals surface area contributed by atoms with Crippen molar-refractivity contribution < 1.29 is 9.47 Å². The van der Waals surface area contributed by atoms with Gasteiger partial charge in [0, 0.05) is 25.0 Å². The lowest BCUT2D eigenvalue weighted by molar-refractivity contribution is 0.0663. The molecule has 22 heavy (non-hydrogen) atoms. The Labute approximate surface area is 132 Å². The minimum atomic E-state index is 0.446. The Hall–Kier alpha value is -1.81. The van der Waals surface area contributed by atoms with Gasteiger partial charge < -0.3 is 9.47 Å². The van der Waals surface area contributed by atoms with Crippen LogP contribution in [-0.4, -0.2) is 30.1 Å². The topological polar surface area (TPSA) is 36.3 Å². The molecule has 0 radical (unpaired) electrons. The van der Waals surface area contributed by atoms with Crippen molar-refractivity contribution in [2.75, 3.05) is 20.3 Å². The third-order valence-electron chi connectivity index (χ3n) is 4.34. The summed E-state index contributed by atoms with van der Waals surface area (Å²) in [6.07, 6.45) is 4.14. The van der Waals surface area contributed by atoms with Crippen LogP contribution in [0.3, 0.4) is 0 Å². The van der Waals surface area contributed by atoms with Crippen LogP contribution in [0.15, 0.2) is 30.5 Å². The molecule has 1 fully saturated rings. The fourth-order valence-corrected chi connectivity index (χ4v) is 2.92. The van der Waals surface area contributed by atoms with Crippen molar-refractivity contribution in [3.05, 3.63) is 36.0 Å². The highest BCUT2D eigenvalue weighted by Crippen LogP contribution is 2.32. The molecule has 1 aliphatic heterocycles. The summed E-state index contributed by atoms with van der Waals surface area (Å²) in [4.78, 5) is 0. The normalized spacial score (nSPS) is 16.2. The van der Waals surface area contributed by atoms with E-state index >= 15 is 0 Å². The molecule has 2 aromatic rings. The van der Waals surface area contributed by atoms with Crippen LogP contribution < -0.4 is 4.74 Å². The molecule has 118 valence electrons. The maximum absolute atomic E-state index is 5.52. The van der Waals surface area contributed by atoms with E-state index in [1.807, 2.05) is 6.07 Å². The first-order valence-corrected chi connectivity index (χ1v) is 8.00. The molecule has 0 unspecified atom stereocenters. The van der Waals surface area contributed by atoms with Crippen molar-refractivity contribution in [1.29, 1.82) is 0 Å². The van der Waals surface area contributed by atoms with Crippen LogP contribution in [0, 0.1) is 0 Å². The summed E-state index contributed by atoms with van der Waals surface area (Å²) in [5.74, 6) is 1.36. The van der Waals surface area contributed by atoms with E-state index in [9.17, 15) is 0 Å². The summed E-state index contributed by atoms with van der Waals surface area (Å²) >= 11 is 0. The maximum Gasteiger partial charge on any atom is 0.128 e. The van der Waals surface area contributed by atoms with Gasteiger partial charge in [-0.2, -0.15) is 5.10 Å². The monoisotopic (exact) mass is 300 g/mol. The van der Waals surface area contributed by atoms with Gasteiger partial charge in [0.2, 0.25) is 0 Å². The van der Waals surface area contributed by atoms with E-state index in [-0.39, 0.29) is 0 Å². The Kier molecular flexibility index (Phi) is 4.48. The van der Waals surface area contributed by atoms with E-state index in [0.29, 0.717) is 12.0 Å². The van der Waals surface area contributed by atoms with Crippen LogP contribution >= 0.6 is 0 Å². The number of aromatic nitrogens is 2. The molecule has 0 aliphatic carbocycles. The number of methoxy groups -OCH3 is 1. The summed E-state index contributed by atoms with van der Waals surface area (Å²) in [7, 11) is 1.71. The number of nitrogens with zero attached hydrogens (tertiary/aromatic N) is 2. The summed E-state index contributed by atoms with van der Waals surface area (Å²) in [6, 6.07) is 8.89. The predicted molar refractivity (Wildman–Crippen MR) is 87.4 cm³/mol. The first-order valence-electron chi connectivity index (χ1n) is 8.00. The molecule has 4 nitrogen and oxygen atoms in total. The minimum absolute atomic E-state index is 0.446. The average Bonchev–Trinajstić information content (AvgIpc) is 3.05. The molecule has 0 amide bonds. The molecular formula is C18H24N2O2. The van der Waals surface area contributed by atoms with Crippen molar-refractivity contribution in [2.24, 2.45) is 0 Å². The molecule has 0 spiro atoms. The molecular weight excluding hydrogens is 276 g/mol. The molecule has 0 atom stereocenters. The SMILES string of the molecule is COc1ccc(C(C)C)cc1-c1ccn(C2CCOCC2)n1. The Morgan fingerprint density at radius 1 is 1.23 bits per heavy atom. The maximum atomic E-state index is 5.52. The summed E-state index contributed by atoms with van der Waals surface area (Å²) in [5.41, 5.74) is 3.35. The fraction of sp³-hybridized carbons (Fsp3) is 0.500. The van der Waals surface area contributed by atoms with E-state index < -0.39 is 0 Å². The number of ether oxygens (including phenoxy) is 2. The van der Waals surface area contributed by atoms with Crippen molar-refractivity contribution in [1.82, 2.24) is 9.78 Å². The molecule has 1 aromatic carbocycles. The molecule has 0 saturated carbocycles.